The lowest BCUT2D eigenvalue weighted by atomic mass is 10.3. The Morgan fingerprint density at radius 1 is 1.33 bits per heavy atom. The zero-order valence-corrected chi connectivity index (χ0v) is 7.81. The van der Waals surface area contributed by atoms with Crippen LogP contribution >= 0.6 is 0 Å². The van der Waals surface area contributed by atoms with Gasteiger partial charge in [0.15, 0.2) is 0 Å². The first kappa shape index (κ1) is 9.95. The minimum absolute atomic E-state index is 0.130. The molecule has 0 spiro atoms. The molecule has 12 heavy (non-hydrogen) atoms. The summed E-state index contributed by atoms with van der Waals surface area (Å²) >= 11 is 0. The van der Waals surface area contributed by atoms with Crippen LogP contribution in [0.3, 0.4) is 0 Å². The van der Waals surface area contributed by atoms with Gasteiger partial charge in [-0.1, -0.05) is 0 Å². The van der Waals surface area contributed by atoms with E-state index in [-0.39, 0.29) is 11.9 Å². The van der Waals surface area contributed by atoms with Crippen LogP contribution in [0.5, 0.6) is 0 Å². The number of hydrogen-bond acceptors (Lipinski definition) is 3. The predicted molar refractivity (Wildman–Crippen MR) is 46.3 cm³/mol. The Balaban J connectivity index is 2.13. The average Bonchev–Trinajstić information content (AvgIpc) is 2.80. The molecule has 2 N–H and O–H groups in total. The summed E-state index contributed by atoms with van der Waals surface area (Å²) in [6.45, 7) is 0.588. The van der Waals surface area contributed by atoms with E-state index in [1.807, 2.05) is 0 Å². The second-order valence-electron chi connectivity index (χ2n) is 3.07. The van der Waals surface area contributed by atoms with Crippen molar-refractivity contribution < 1.29 is 13.5 Å². The van der Waals surface area contributed by atoms with E-state index >= 15 is 0 Å². The van der Waals surface area contributed by atoms with Crippen LogP contribution in [0.25, 0.3) is 0 Å². The minimum atomic E-state index is -3.00. The maximum absolute atomic E-state index is 11.2. The van der Waals surface area contributed by atoms with Gasteiger partial charge in [-0.2, -0.15) is 0 Å². The second-order valence-corrected chi connectivity index (χ2v) is 5.11. The molecule has 0 amide bonds. The molecule has 1 rings (SSSR count). The van der Waals surface area contributed by atoms with Crippen molar-refractivity contribution in [1.82, 2.24) is 4.72 Å². The fraction of sp³-hybridized carbons (Fsp3) is 1.00. The Bertz CT molecular complexity index is 221. The van der Waals surface area contributed by atoms with Gasteiger partial charge in [0.2, 0.25) is 10.0 Å². The van der Waals surface area contributed by atoms with Crippen LogP contribution in [-0.2, 0) is 10.0 Å². The van der Waals surface area contributed by atoms with Gasteiger partial charge >= 0.3 is 0 Å². The SMILES string of the molecule is O=S(=O)(NCCCCO)C1CC1. The van der Waals surface area contributed by atoms with Gasteiger partial charge in [0.1, 0.15) is 0 Å². The van der Waals surface area contributed by atoms with Gasteiger partial charge in [-0.15, -0.1) is 0 Å². The smallest absolute Gasteiger partial charge is 0.214 e. The zero-order valence-electron chi connectivity index (χ0n) is 6.99. The summed E-state index contributed by atoms with van der Waals surface area (Å²) < 4.78 is 24.9. The zero-order chi connectivity index (χ0) is 9.03. The quantitative estimate of drug-likeness (QED) is 0.576. The van der Waals surface area contributed by atoms with Crippen molar-refractivity contribution in [3.63, 3.8) is 0 Å². The molecule has 0 unspecified atom stereocenters. The molecular weight excluding hydrogens is 178 g/mol. The first-order valence-electron chi connectivity index (χ1n) is 4.26. The maximum atomic E-state index is 11.2. The van der Waals surface area contributed by atoms with E-state index in [0.29, 0.717) is 19.4 Å². The number of hydrogen-bond donors (Lipinski definition) is 2. The van der Waals surface area contributed by atoms with Crippen LogP contribution in [-0.4, -0.2) is 31.9 Å². The lowest BCUT2D eigenvalue weighted by Crippen LogP contribution is -2.28. The fourth-order valence-electron chi connectivity index (χ4n) is 0.947. The molecule has 1 fully saturated rings. The van der Waals surface area contributed by atoms with Crippen LogP contribution in [0.4, 0.5) is 0 Å². The highest BCUT2D eigenvalue weighted by atomic mass is 32.2. The molecule has 0 aliphatic heterocycles. The fourth-order valence-corrected chi connectivity index (χ4v) is 2.37. The van der Waals surface area contributed by atoms with Crippen LogP contribution in [0.2, 0.25) is 0 Å². The van der Waals surface area contributed by atoms with Crippen LogP contribution < -0.4 is 4.72 Å². The Kier molecular flexibility index (Phi) is 3.49. The maximum Gasteiger partial charge on any atom is 0.214 e. The standard InChI is InChI=1S/C7H15NO3S/c9-6-2-1-5-8-12(10,11)7-3-4-7/h7-9H,1-6H2. The van der Waals surface area contributed by atoms with Gasteiger partial charge < -0.3 is 5.11 Å². The summed E-state index contributed by atoms with van der Waals surface area (Å²) in [7, 11) is -3.00. The molecule has 0 heterocycles. The summed E-state index contributed by atoms with van der Waals surface area (Å²) in [5.41, 5.74) is 0. The molecule has 0 aromatic rings. The molecule has 0 bridgehead atoms. The number of rotatable bonds is 6. The second kappa shape index (κ2) is 4.20. The Morgan fingerprint density at radius 2 is 2.00 bits per heavy atom. The summed E-state index contributed by atoms with van der Waals surface area (Å²) in [5.74, 6) is 0. The molecule has 0 aromatic carbocycles. The Hall–Kier alpha value is -0.130. The number of aliphatic hydroxyl groups excluding tert-OH is 1. The van der Waals surface area contributed by atoms with Gasteiger partial charge in [-0.25, -0.2) is 13.1 Å². The highest BCUT2D eigenvalue weighted by Crippen LogP contribution is 2.27. The monoisotopic (exact) mass is 193 g/mol. The molecule has 1 aliphatic carbocycles. The molecular formula is C7H15NO3S. The third-order valence-corrected chi connectivity index (χ3v) is 3.81. The number of unbranched alkanes of at least 4 members (excludes halogenated alkanes) is 1. The topological polar surface area (TPSA) is 66.4 Å². The Morgan fingerprint density at radius 3 is 2.50 bits per heavy atom. The molecule has 4 nitrogen and oxygen atoms in total. The van der Waals surface area contributed by atoms with Gasteiger partial charge in [0.25, 0.3) is 0 Å². The molecule has 0 atom stereocenters. The molecule has 5 heteroatoms. The molecule has 72 valence electrons. The number of nitrogens with one attached hydrogen (secondary N) is 1. The molecule has 0 saturated heterocycles. The van der Waals surface area contributed by atoms with E-state index < -0.39 is 10.0 Å². The van der Waals surface area contributed by atoms with Crippen molar-refractivity contribution in [2.24, 2.45) is 0 Å². The van der Waals surface area contributed by atoms with Crippen molar-refractivity contribution in [2.75, 3.05) is 13.2 Å². The first-order valence-corrected chi connectivity index (χ1v) is 5.81. The van der Waals surface area contributed by atoms with Crippen LogP contribution in [0.1, 0.15) is 25.7 Å². The lowest BCUT2D eigenvalue weighted by molar-refractivity contribution is 0.285. The largest absolute Gasteiger partial charge is 0.396 e. The predicted octanol–water partition coefficient (Wildman–Crippen LogP) is -0.159. The van der Waals surface area contributed by atoms with Gasteiger partial charge in [0, 0.05) is 13.2 Å². The van der Waals surface area contributed by atoms with Crippen molar-refractivity contribution >= 4 is 10.0 Å². The summed E-state index contributed by atoms with van der Waals surface area (Å²) in [4.78, 5) is 0. The summed E-state index contributed by atoms with van der Waals surface area (Å²) in [5, 5.41) is 8.31. The van der Waals surface area contributed by atoms with E-state index in [2.05, 4.69) is 4.72 Å². The van der Waals surface area contributed by atoms with Crippen LogP contribution in [0, 0.1) is 0 Å². The van der Waals surface area contributed by atoms with Gasteiger partial charge in [-0.3, -0.25) is 0 Å². The van der Waals surface area contributed by atoms with Crippen molar-refractivity contribution in [3.05, 3.63) is 0 Å². The van der Waals surface area contributed by atoms with Crippen molar-refractivity contribution in [3.8, 4) is 0 Å². The normalized spacial score (nSPS) is 18.1. The molecule has 1 aliphatic rings. The number of sulfonamides is 1. The van der Waals surface area contributed by atoms with Crippen LogP contribution in [0.15, 0.2) is 0 Å². The molecule has 0 radical (unpaired) electrons. The minimum Gasteiger partial charge on any atom is -0.396 e. The molecule has 1 saturated carbocycles. The van der Waals surface area contributed by atoms with E-state index in [4.69, 9.17) is 5.11 Å². The van der Waals surface area contributed by atoms with Gasteiger partial charge in [-0.05, 0) is 25.7 Å². The van der Waals surface area contributed by atoms with E-state index in [1.54, 1.807) is 0 Å². The first-order chi connectivity index (χ1) is 5.67. The van der Waals surface area contributed by atoms with Gasteiger partial charge in [0.05, 0.1) is 5.25 Å². The highest BCUT2D eigenvalue weighted by Gasteiger charge is 2.34. The third kappa shape index (κ3) is 3.08. The lowest BCUT2D eigenvalue weighted by Gasteiger charge is -2.03. The third-order valence-electron chi connectivity index (χ3n) is 1.85. The number of aliphatic hydroxyl groups is 1. The van der Waals surface area contributed by atoms with E-state index in [1.165, 1.54) is 0 Å². The molecule has 0 aromatic heterocycles. The summed E-state index contributed by atoms with van der Waals surface area (Å²) in [6, 6.07) is 0. The Labute approximate surface area is 73.0 Å². The van der Waals surface area contributed by atoms with E-state index in [9.17, 15) is 8.42 Å². The van der Waals surface area contributed by atoms with Crippen molar-refractivity contribution in [2.45, 2.75) is 30.9 Å². The van der Waals surface area contributed by atoms with E-state index in [0.717, 1.165) is 12.8 Å². The van der Waals surface area contributed by atoms with Crippen molar-refractivity contribution in [1.29, 1.82) is 0 Å². The average molecular weight is 193 g/mol. The highest BCUT2D eigenvalue weighted by molar-refractivity contribution is 7.90. The summed E-state index contributed by atoms with van der Waals surface area (Å²) in [6.07, 6.45) is 2.97.